The zero-order chi connectivity index (χ0) is 29.0. The Bertz CT molecular complexity index is 1230. The SMILES string of the molecule is CC(C)(C)OC(=O)N1CC[C@@H](NC(=O)c2nc(C(C)(C)C)no2)c2ccc(B3OC(C)(C)C(C)(C)O3)cc2C1. The summed E-state index contributed by atoms with van der Waals surface area (Å²) < 4.78 is 23.5. The first kappa shape index (κ1) is 29.1. The largest absolute Gasteiger partial charge is 0.494 e. The molecular formula is C28H41BN4O6. The number of carbonyl (C=O) groups is 2. The lowest BCUT2D eigenvalue weighted by Crippen LogP contribution is -2.41. The molecule has 0 saturated carbocycles. The van der Waals surface area contributed by atoms with Gasteiger partial charge in [0.1, 0.15) is 5.60 Å². The third-order valence-corrected chi connectivity index (χ3v) is 7.36. The maximum absolute atomic E-state index is 13.1. The van der Waals surface area contributed by atoms with Crippen molar-refractivity contribution >= 4 is 24.6 Å². The Morgan fingerprint density at radius 2 is 1.72 bits per heavy atom. The smallest absolute Gasteiger partial charge is 0.444 e. The summed E-state index contributed by atoms with van der Waals surface area (Å²) >= 11 is 0. The van der Waals surface area contributed by atoms with Gasteiger partial charge in [0.15, 0.2) is 5.82 Å². The molecule has 11 heteroatoms. The van der Waals surface area contributed by atoms with Crippen LogP contribution in [0.3, 0.4) is 0 Å². The molecule has 212 valence electrons. The number of aromatic nitrogens is 2. The Labute approximate surface area is 231 Å². The maximum atomic E-state index is 13.1. The van der Waals surface area contributed by atoms with Crippen LogP contribution < -0.4 is 10.8 Å². The van der Waals surface area contributed by atoms with E-state index in [1.54, 1.807) is 4.90 Å². The molecule has 2 amide bonds. The number of ether oxygens (including phenoxy) is 1. The predicted octanol–water partition coefficient (Wildman–Crippen LogP) is 4.28. The van der Waals surface area contributed by atoms with Gasteiger partial charge in [0.25, 0.3) is 0 Å². The van der Waals surface area contributed by atoms with Crippen molar-refractivity contribution in [3.63, 3.8) is 0 Å². The summed E-state index contributed by atoms with van der Waals surface area (Å²) in [7, 11) is -0.555. The molecule has 0 unspecified atom stereocenters. The van der Waals surface area contributed by atoms with Crippen molar-refractivity contribution in [2.24, 2.45) is 0 Å². The van der Waals surface area contributed by atoms with Crippen LogP contribution in [0.1, 0.15) is 109 Å². The third-order valence-electron chi connectivity index (χ3n) is 7.36. The molecule has 1 aromatic heterocycles. The van der Waals surface area contributed by atoms with E-state index in [0.717, 1.165) is 16.6 Å². The Balaban J connectivity index is 1.64. The highest BCUT2D eigenvalue weighted by Gasteiger charge is 2.51. The zero-order valence-corrected chi connectivity index (χ0v) is 24.8. The van der Waals surface area contributed by atoms with E-state index in [0.29, 0.717) is 25.3 Å². The molecule has 3 heterocycles. The van der Waals surface area contributed by atoms with Crippen LogP contribution >= 0.6 is 0 Å². The van der Waals surface area contributed by atoms with E-state index < -0.39 is 42.0 Å². The van der Waals surface area contributed by atoms with E-state index in [4.69, 9.17) is 18.6 Å². The van der Waals surface area contributed by atoms with Gasteiger partial charge in [-0.15, -0.1) is 0 Å². The van der Waals surface area contributed by atoms with Gasteiger partial charge in [0.2, 0.25) is 0 Å². The summed E-state index contributed by atoms with van der Waals surface area (Å²) in [5, 5.41) is 7.01. The Morgan fingerprint density at radius 1 is 1.08 bits per heavy atom. The highest BCUT2D eigenvalue weighted by Crippen LogP contribution is 2.37. The second-order valence-corrected chi connectivity index (χ2v) is 13.4. The van der Waals surface area contributed by atoms with Gasteiger partial charge in [-0.2, -0.15) is 4.98 Å². The summed E-state index contributed by atoms with van der Waals surface area (Å²) in [6.07, 6.45) is 0.0712. The lowest BCUT2D eigenvalue weighted by molar-refractivity contribution is 0.00578. The number of carbonyl (C=O) groups excluding carboxylic acids is 2. The molecule has 1 saturated heterocycles. The highest BCUT2D eigenvalue weighted by atomic mass is 16.7. The molecule has 1 N–H and O–H groups in total. The number of benzene rings is 1. The number of fused-ring (bicyclic) bond motifs is 1. The van der Waals surface area contributed by atoms with E-state index in [1.165, 1.54) is 0 Å². The van der Waals surface area contributed by atoms with E-state index in [2.05, 4.69) is 15.5 Å². The van der Waals surface area contributed by atoms with Crippen molar-refractivity contribution in [2.45, 2.75) is 110 Å². The first-order valence-electron chi connectivity index (χ1n) is 13.5. The van der Waals surface area contributed by atoms with Gasteiger partial charge >= 0.3 is 25.0 Å². The van der Waals surface area contributed by atoms with E-state index in [9.17, 15) is 9.59 Å². The van der Waals surface area contributed by atoms with Crippen molar-refractivity contribution in [1.82, 2.24) is 20.4 Å². The van der Waals surface area contributed by atoms with Crippen LogP contribution in [0.2, 0.25) is 0 Å². The normalized spacial score (nSPS) is 20.8. The first-order valence-corrected chi connectivity index (χ1v) is 13.5. The van der Waals surface area contributed by atoms with Crippen LogP contribution in [-0.4, -0.2) is 57.5 Å². The predicted molar refractivity (Wildman–Crippen MR) is 147 cm³/mol. The van der Waals surface area contributed by atoms with Gasteiger partial charge in [0.05, 0.1) is 17.2 Å². The number of rotatable bonds is 3. The monoisotopic (exact) mass is 540 g/mol. The Morgan fingerprint density at radius 3 is 2.28 bits per heavy atom. The molecule has 10 nitrogen and oxygen atoms in total. The van der Waals surface area contributed by atoms with E-state index in [1.807, 2.05) is 87.4 Å². The molecule has 1 fully saturated rings. The van der Waals surface area contributed by atoms with Crippen LogP contribution in [0.15, 0.2) is 22.7 Å². The van der Waals surface area contributed by atoms with Gasteiger partial charge in [0, 0.05) is 18.5 Å². The lowest BCUT2D eigenvalue weighted by Gasteiger charge is -2.32. The lowest BCUT2D eigenvalue weighted by atomic mass is 9.77. The number of nitrogens with zero attached hydrogens (tertiary/aromatic N) is 3. The summed E-state index contributed by atoms with van der Waals surface area (Å²) in [4.78, 5) is 32.2. The van der Waals surface area contributed by atoms with E-state index >= 15 is 0 Å². The van der Waals surface area contributed by atoms with Crippen LogP contribution in [-0.2, 0) is 26.0 Å². The summed E-state index contributed by atoms with van der Waals surface area (Å²) in [5.74, 6) is -0.102. The van der Waals surface area contributed by atoms with Crippen molar-refractivity contribution in [2.75, 3.05) is 6.54 Å². The quantitative estimate of drug-likeness (QED) is 0.574. The summed E-state index contributed by atoms with van der Waals surface area (Å²) in [6, 6.07) is 5.52. The first-order chi connectivity index (χ1) is 17.9. The molecule has 0 bridgehead atoms. The van der Waals surface area contributed by atoms with Crippen LogP contribution in [0, 0.1) is 0 Å². The van der Waals surface area contributed by atoms with Crippen molar-refractivity contribution < 1.29 is 28.2 Å². The molecule has 2 aliphatic rings. The molecule has 0 spiro atoms. The molecule has 1 aromatic carbocycles. The van der Waals surface area contributed by atoms with Gasteiger partial charge in [-0.05, 0) is 71.5 Å². The average molecular weight is 540 g/mol. The molecule has 39 heavy (non-hydrogen) atoms. The van der Waals surface area contributed by atoms with Crippen LogP contribution in [0.25, 0.3) is 0 Å². The number of amides is 2. The zero-order valence-electron chi connectivity index (χ0n) is 24.8. The molecule has 2 aliphatic heterocycles. The van der Waals surface area contributed by atoms with Crippen LogP contribution in [0.4, 0.5) is 4.79 Å². The molecular weight excluding hydrogens is 499 g/mol. The maximum Gasteiger partial charge on any atom is 0.494 e. The number of hydrogen-bond acceptors (Lipinski definition) is 8. The van der Waals surface area contributed by atoms with Crippen LogP contribution in [0.5, 0.6) is 0 Å². The molecule has 1 atom stereocenters. The van der Waals surface area contributed by atoms with Gasteiger partial charge in [-0.3, -0.25) is 4.79 Å². The van der Waals surface area contributed by atoms with Crippen molar-refractivity contribution in [3.8, 4) is 0 Å². The second-order valence-electron chi connectivity index (χ2n) is 13.4. The van der Waals surface area contributed by atoms with Gasteiger partial charge in [-0.1, -0.05) is 44.1 Å². The Kier molecular flexibility index (Phi) is 7.40. The van der Waals surface area contributed by atoms with Crippen molar-refractivity contribution in [3.05, 3.63) is 41.0 Å². The molecule has 0 radical (unpaired) electrons. The summed E-state index contributed by atoms with van der Waals surface area (Å²) in [6.45, 7) is 20.1. The minimum atomic E-state index is -0.632. The van der Waals surface area contributed by atoms with Gasteiger partial charge < -0.3 is 28.8 Å². The third kappa shape index (κ3) is 6.30. The fourth-order valence-corrected chi connectivity index (χ4v) is 4.43. The molecule has 0 aliphatic carbocycles. The topological polar surface area (TPSA) is 116 Å². The average Bonchev–Trinajstić information content (AvgIpc) is 3.31. The number of nitrogens with one attached hydrogen (secondary N) is 1. The highest BCUT2D eigenvalue weighted by molar-refractivity contribution is 6.62. The van der Waals surface area contributed by atoms with E-state index in [-0.39, 0.29) is 11.3 Å². The van der Waals surface area contributed by atoms with Gasteiger partial charge in [-0.25, -0.2) is 4.79 Å². The minimum absolute atomic E-state index is 0.0939. The van der Waals surface area contributed by atoms with Crippen molar-refractivity contribution in [1.29, 1.82) is 0 Å². The fourth-order valence-electron chi connectivity index (χ4n) is 4.43. The second kappa shape index (κ2) is 9.93. The minimum Gasteiger partial charge on any atom is -0.444 e. The number of hydrogen-bond donors (Lipinski definition) is 1. The summed E-state index contributed by atoms with van der Waals surface area (Å²) in [5.41, 5.74) is 0.651. The molecule has 2 aromatic rings. The Hall–Kier alpha value is -2.92. The fraction of sp³-hybridized carbons (Fsp3) is 0.643. The standard InChI is InChI=1S/C28H41BN4O6/c1-25(2,3)23-31-22(37-32-23)21(34)30-20-13-14-33(24(35)36-26(4,5)6)16-17-15-18(11-12-19(17)20)29-38-27(7,8)28(9,10)39-29/h11-12,15,20H,13-14,16H2,1-10H3,(H,30,34)/t20-/m1/s1. The molecule has 4 rings (SSSR count).